The van der Waals surface area contributed by atoms with Gasteiger partial charge in [-0.05, 0) is 71.6 Å². The second-order valence-corrected chi connectivity index (χ2v) is 6.48. The number of carbonyl (C=O) groups is 2. The van der Waals surface area contributed by atoms with Crippen molar-refractivity contribution >= 4 is 57.5 Å². The van der Waals surface area contributed by atoms with E-state index in [1.165, 1.54) is 7.11 Å². The maximum absolute atomic E-state index is 12.3. The molecule has 7 heteroatoms. The van der Waals surface area contributed by atoms with Crippen molar-refractivity contribution in [2.45, 2.75) is 6.92 Å². The number of methoxy groups -OCH3 is 1. The highest BCUT2D eigenvalue weighted by Crippen LogP contribution is 2.16. The highest BCUT2D eigenvalue weighted by atomic mass is 127. The number of rotatable bonds is 3. The Hall–Kier alpha value is -2.00. The molecule has 0 fully saturated rings. The molecule has 124 valence electrons. The number of aryl methyl sites for hydroxylation is 1. The molecule has 2 rings (SSSR count). The lowest BCUT2D eigenvalue weighted by molar-refractivity contribution is 0.0602. The Labute approximate surface area is 158 Å². The van der Waals surface area contributed by atoms with Gasteiger partial charge in [0.2, 0.25) is 0 Å². The number of ether oxygens (including phenoxy) is 1. The second-order valence-electron chi connectivity index (χ2n) is 4.91. The minimum atomic E-state index is -0.486. The maximum atomic E-state index is 12.3. The van der Waals surface area contributed by atoms with E-state index in [4.69, 9.17) is 17.0 Å². The summed E-state index contributed by atoms with van der Waals surface area (Å²) in [7, 11) is 1.30. The van der Waals surface area contributed by atoms with Crippen LogP contribution in [0.15, 0.2) is 42.5 Å². The van der Waals surface area contributed by atoms with Crippen LogP contribution in [0.4, 0.5) is 5.69 Å². The second kappa shape index (κ2) is 8.20. The molecule has 1 amide bonds. The molecule has 0 aromatic heterocycles. The molecule has 2 N–H and O–H groups in total. The quantitative estimate of drug-likeness (QED) is 0.422. The first-order valence-electron chi connectivity index (χ1n) is 6.98. The lowest BCUT2D eigenvalue weighted by Gasteiger charge is -2.12. The Morgan fingerprint density at radius 2 is 1.88 bits per heavy atom. The van der Waals surface area contributed by atoms with Gasteiger partial charge in [-0.2, -0.15) is 0 Å². The molecular formula is C17H15IN2O3S. The summed E-state index contributed by atoms with van der Waals surface area (Å²) in [6, 6.07) is 12.2. The summed E-state index contributed by atoms with van der Waals surface area (Å²) >= 11 is 7.33. The monoisotopic (exact) mass is 454 g/mol. The number of amides is 1. The van der Waals surface area contributed by atoms with Gasteiger partial charge < -0.3 is 10.1 Å². The van der Waals surface area contributed by atoms with Crippen molar-refractivity contribution in [2.24, 2.45) is 0 Å². The van der Waals surface area contributed by atoms with Crippen molar-refractivity contribution in [1.82, 2.24) is 5.32 Å². The van der Waals surface area contributed by atoms with E-state index < -0.39 is 5.97 Å². The number of carbonyl (C=O) groups excluding carboxylic acids is 2. The van der Waals surface area contributed by atoms with Crippen LogP contribution in [-0.2, 0) is 4.74 Å². The normalized spacial score (nSPS) is 9.96. The molecule has 24 heavy (non-hydrogen) atoms. The van der Waals surface area contributed by atoms with E-state index >= 15 is 0 Å². The van der Waals surface area contributed by atoms with E-state index in [9.17, 15) is 9.59 Å². The molecule has 0 heterocycles. The molecule has 0 spiro atoms. The topological polar surface area (TPSA) is 67.4 Å². The first-order valence-corrected chi connectivity index (χ1v) is 8.47. The molecule has 0 saturated heterocycles. The average Bonchev–Trinajstić information content (AvgIpc) is 2.57. The molecule has 0 aliphatic rings. The van der Waals surface area contributed by atoms with Gasteiger partial charge in [-0.3, -0.25) is 10.1 Å². The third-order valence-corrected chi connectivity index (χ3v) is 4.61. The molecule has 0 aliphatic heterocycles. The van der Waals surface area contributed by atoms with Crippen molar-refractivity contribution in [3.05, 3.63) is 62.7 Å². The van der Waals surface area contributed by atoms with Gasteiger partial charge in [-0.15, -0.1) is 0 Å². The van der Waals surface area contributed by atoms with Gasteiger partial charge in [0.15, 0.2) is 5.11 Å². The van der Waals surface area contributed by atoms with Gasteiger partial charge in [-0.25, -0.2) is 4.79 Å². The Morgan fingerprint density at radius 1 is 1.17 bits per heavy atom. The first-order chi connectivity index (χ1) is 11.4. The molecule has 0 saturated carbocycles. The van der Waals surface area contributed by atoms with Gasteiger partial charge >= 0.3 is 5.97 Å². The van der Waals surface area contributed by atoms with Gasteiger partial charge in [0.1, 0.15) is 0 Å². The standard InChI is InChI=1S/C17H15IN2O3S/c1-10-7-8-11(9-13(10)18)15(21)20-17(24)19-14-6-4-3-5-12(14)16(22)23-2/h3-9H,1-2H3,(H2,19,20,21,24). The van der Waals surface area contributed by atoms with Crippen molar-refractivity contribution in [3.63, 3.8) is 0 Å². The lowest BCUT2D eigenvalue weighted by Crippen LogP contribution is -2.34. The Morgan fingerprint density at radius 3 is 2.54 bits per heavy atom. The van der Waals surface area contributed by atoms with Gasteiger partial charge in [0.05, 0.1) is 18.4 Å². The van der Waals surface area contributed by atoms with Gasteiger partial charge in [-0.1, -0.05) is 18.2 Å². The number of para-hydroxylation sites is 1. The van der Waals surface area contributed by atoms with Crippen LogP contribution in [0.2, 0.25) is 0 Å². The van der Waals surface area contributed by atoms with Crippen LogP contribution < -0.4 is 10.6 Å². The minimum Gasteiger partial charge on any atom is -0.465 e. The number of esters is 1. The van der Waals surface area contributed by atoms with Crippen LogP contribution in [0, 0.1) is 10.5 Å². The van der Waals surface area contributed by atoms with Crippen molar-refractivity contribution in [2.75, 3.05) is 12.4 Å². The molecule has 2 aromatic rings. The van der Waals surface area contributed by atoms with Crippen LogP contribution in [0.25, 0.3) is 0 Å². The van der Waals surface area contributed by atoms with Crippen LogP contribution in [0.1, 0.15) is 26.3 Å². The van der Waals surface area contributed by atoms with Crippen LogP contribution in [0.3, 0.4) is 0 Å². The van der Waals surface area contributed by atoms with E-state index in [1.807, 2.05) is 13.0 Å². The third kappa shape index (κ3) is 4.51. The fourth-order valence-electron chi connectivity index (χ4n) is 1.94. The largest absolute Gasteiger partial charge is 0.465 e. The third-order valence-electron chi connectivity index (χ3n) is 3.24. The zero-order valence-corrected chi connectivity index (χ0v) is 16.0. The molecule has 5 nitrogen and oxygen atoms in total. The SMILES string of the molecule is COC(=O)c1ccccc1NC(=S)NC(=O)c1ccc(C)c(I)c1. The highest BCUT2D eigenvalue weighted by Gasteiger charge is 2.14. The predicted octanol–water partition coefficient (Wildman–Crippen LogP) is 3.51. The van der Waals surface area contributed by atoms with Crippen molar-refractivity contribution in [3.8, 4) is 0 Å². The number of nitrogens with one attached hydrogen (secondary N) is 2. The predicted molar refractivity (Wildman–Crippen MR) is 105 cm³/mol. The summed E-state index contributed by atoms with van der Waals surface area (Å²) in [5, 5.41) is 5.55. The van der Waals surface area contributed by atoms with Crippen molar-refractivity contribution in [1.29, 1.82) is 0 Å². The number of benzene rings is 2. The zero-order chi connectivity index (χ0) is 17.7. The zero-order valence-electron chi connectivity index (χ0n) is 13.1. The Bertz CT molecular complexity index is 808. The van der Waals surface area contributed by atoms with Crippen LogP contribution in [0.5, 0.6) is 0 Å². The number of thiocarbonyl (C=S) groups is 1. The van der Waals surface area contributed by atoms with E-state index in [1.54, 1.807) is 36.4 Å². The van der Waals surface area contributed by atoms with Gasteiger partial charge in [0.25, 0.3) is 5.91 Å². The van der Waals surface area contributed by atoms with E-state index in [2.05, 4.69) is 33.2 Å². The number of hydrogen-bond acceptors (Lipinski definition) is 4. The first kappa shape index (κ1) is 18.3. The molecule has 0 bridgehead atoms. The Balaban J connectivity index is 2.10. The van der Waals surface area contributed by atoms with Crippen molar-refractivity contribution < 1.29 is 14.3 Å². The molecular weight excluding hydrogens is 439 g/mol. The summed E-state index contributed by atoms with van der Waals surface area (Å²) in [5.41, 5.74) is 2.41. The molecule has 2 aromatic carbocycles. The average molecular weight is 454 g/mol. The summed E-state index contributed by atoms with van der Waals surface area (Å²) in [4.78, 5) is 24.0. The minimum absolute atomic E-state index is 0.104. The smallest absolute Gasteiger partial charge is 0.339 e. The summed E-state index contributed by atoms with van der Waals surface area (Å²) in [6.07, 6.45) is 0. The Kier molecular flexibility index (Phi) is 6.27. The van der Waals surface area contributed by atoms with Crippen LogP contribution in [-0.4, -0.2) is 24.1 Å². The van der Waals surface area contributed by atoms with E-state index in [-0.39, 0.29) is 11.0 Å². The highest BCUT2D eigenvalue weighted by molar-refractivity contribution is 14.1. The molecule has 0 unspecified atom stereocenters. The van der Waals surface area contributed by atoms with E-state index in [0.29, 0.717) is 16.8 Å². The lowest BCUT2D eigenvalue weighted by atomic mass is 10.1. The van der Waals surface area contributed by atoms with Gasteiger partial charge in [0, 0.05) is 9.13 Å². The summed E-state index contributed by atoms with van der Waals surface area (Å²) in [5.74, 6) is -0.804. The molecule has 0 radical (unpaired) electrons. The summed E-state index contributed by atoms with van der Waals surface area (Å²) < 4.78 is 5.72. The molecule has 0 aliphatic carbocycles. The number of halogens is 1. The number of hydrogen-bond donors (Lipinski definition) is 2. The fourth-order valence-corrected chi connectivity index (χ4v) is 2.66. The fraction of sp³-hybridized carbons (Fsp3) is 0.118. The number of anilines is 1. The molecule has 0 atom stereocenters. The van der Waals surface area contributed by atoms with Crippen LogP contribution >= 0.6 is 34.8 Å². The van der Waals surface area contributed by atoms with E-state index in [0.717, 1.165) is 9.13 Å². The summed E-state index contributed by atoms with van der Waals surface area (Å²) in [6.45, 7) is 1.97. The maximum Gasteiger partial charge on any atom is 0.339 e.